The van der Waals surface area contributed by atoms with E-state index in [0.717, 1.165) is 21.9 Å². The van der Waals surface area contributed by atoms with Crippen LogP contribution in [0.1, 0.15) is 46.5 Å². The van der Waals surface area contributed by atoms with Crippen molar-refractivity contribution in [2.45, 2.75) is 58.7 Å². The first-order valence-corrected chi connectivity index (χ1v) is 15.8. The van der Waals surface area contributed by atoms with Crippen molar-refractivity contribution in [3.63, 3.8) is 0 Å². The van der Waals surface area contributed by atoms with Gasteiger partial charge in [0.05, 0.1) is 37.5 Å². The zero-order valence-corrected chi connectivity index (χ0v) is 27.4. The van der Waals surface area contributed by atoms with Gasteiger partial charge in [0.1, 0.15) is 17.9 Å². The van der Waals surface area contributed by atoms with Gasteiger partial charge in [-0.3, -0.25) is 14.6 Å². The molecule has 2 aromatic carbocycles. The summed E-state index contributed by atoms with van der Waals surface area (Å²) < 4.78 is 68.4. The number of aryl methyl sites for hydroxylation is 2. The number of hydrogen-bond acceptors (Lipinski definition) is 7. The average molecular weight is 685 g/mol. The van der Waals surface area contributed by atoms with Crippen LogP contribution in [0.25, 0.3) is 22.0 Å². The third-order valence-electron chi connectivity index (χ3n) is 8.70. The molecule has 0 radical (unpaired) electrons. The summed E-state index contributed by atoms with van der Waals surface area (Å²) in [6.45, 7) is 4.99. The second-order valence-electron chi connectivity index (χ2n) is 11.6. The van der Waals surface area contributed by atoms with Crippen molar-refractivity contribution in [1.82, 2.24) is 14.9 Å². The Morgan fingerprint density at radius 2 is 1.82 bits per heavy atom. The van der Waals surface area contributed by atoms with E-state index in [0.29, 0.717) is 27.8 Å². The predicted octanol–water partition coefficient (Wildman–Crippen LogP) is 5.30. The van der Waals surface area contributed by atoms with Gasteiger partial charge in [0, 0.05) is 49.0 Å². The largest absolute Gasteiger partial charge is 0.480 e. The van der Waals surface area contributed by atoms with Gasteiger partial charge in [0.2, 0.25) is 0 Å². The van der Waals surface area contributed by atoms with Crippen LogP contribution in [-0.4, -0.2) is 64.6 Å². The number of morpholine rings is 1. The maximum Gasteiger partial charge on any atom is 0.411 e. The van der Waals surface area contributed by atoms with Crippen molar-refractivity contribution in [1.29, 1.82) is 0 Å². The molecule has 0 aliphatic carbocycles. The molecule has 0 saturated carbocycles. The number of aromatic nitrogens is 2. The summed E-state index contributed by atoms with van der Waals surface area (Å²) in [5.74, 6) is -3.48. The van der Waals surface area contributed by atoms with E-state index in [9.17, 15) is 32.7 Å². The van der Waals surface area contributed by atoms with E-state index >= 15 is 4.39 Å². The number of aliphatic carboxylic acids is 1. The molecule has 2 aliphatic rings. The van der Waals surface area contributed by atoms with E-state index < -0.39 is 48.1 Å². The molecular weight excluding hydrogens is 648 g/mol. The van der Waals surface area contributed by atoms with Crippen LogP contribution in [0.4, 0.5) is 23.2 Å². The maximum atomic E-state index is 15.4. The number of fused-ring (bicyclic) bond motifs is 2. The molecule has 4 heterocycles. The molecule has 1 fully saturated rings. The zero-order valence-electron chi connectivity index (χ0n) is 27.4. The van der Waals surface area contributed by atoms with Gasteiger partial charge in [-0.1, -0.05) is 26.0 Å². The van der Waals surface area contributed by atoms with Gasteiger partial charge < -0.3 is 29.4 Å². The lowest BCUT2D eigenvalue weighted by molar-refractivity contribution is -0.167. The first-order valence-electron chi connectivity index (χ1n) is 15.8. The van der Waals surface area contributed by atoms with Gasteiger partial charge in [-0.25, -0.2) is 9.18 Å². The van der Waals surface area contributed by atoms with Crippen molar-refractivity contribution in [3.8, 4) is 11.1 Å². The van der Waals surface area contributed by atoms with E-state index in [2.05, 4.69) is 10.3 Å². The monoisotopic (exact) mass is 684 g/mol. The van der Waals surface area contributed by atoms with Gasteiger partial charge in [-0.05, 0) is 59.0 Å². The van der Waals surface area contributed by atoms with E-state index in [1.165, 1.54) is 17.6 Å². The Labute approximate surface area is 279 Å². The molecule has 2 atom stereocenters. The van der Waals surface area contributed by atoms with Gasteiger partial charge in [-0.2, -0.15) is 13.2 Å². The Kier molecular flexibility index (Phi) is 10.4. The van der Waals surface area contributed by atoms with Gasteiger partial charge in [0.25, 0.3) is 11.5 Å². The number of amides is 1. The summed E-state index contributed by atoms with van der Waals surface area (Å²) in [5, 5.41) is 13.2. The third kappa shape index (κ3) is 7.01. The fourth-order valence-corrected chi connectivity index (χ4v) is 6.31. The van der Waals surface area contributed by atoms with Crippen LogP contribution < -0.4 is 15.8 Å². The molecular formula is C35H36F4N4O6. The maximum absolute atomic E-state index is 15.4. The van der Waals surface area contributed by atoms with E-state index in [1.54, 1.807) is 43.7 Å². The van der Waals surface area contributed by atoms with E-state index in [4.69, 9.17) is 9.47 Å². The summed E-state index contributed by atoms with van der Waals surface area (Å²) in [5.41, 5.74) is 3.02. The molecule has 1 amide bonds. The minimum Gasteiger partial charge on any atom is -0.480 e. The number of ether oxygens (including phenoxy) is 2. The quantitative estimate of drug-likeness (QED) is 0.252. The predicted molar refractivity (Wildman–Crippen MR) is 174 cm³/mol. The fraction of sp³-hybridized carbons (Fsp3) is 0.371. The number of nitrogens with one attached hydrogen (secondary N) is 1. The standard InChI is InChI=1S/C33H30F4N4O6.C2H6/c1-17-9-20(41-7-8-46-16-28(41)33(35,36)37)12-25(34)29(17)30(42)39-26(32(44)45)11-18-3-4-21(24-15-47-14-23(18)24)22-10-19-13-38-6-5-27(19)40(2)31(22)43;1-2/h3-6,9-10,12-13,26,28H,7-8,11,14-16H2,1-2H3,(H,39,42)(H,44,45);1-2H3/t26-,28+;/m0./s1. The average Bonchev–Trinajstić information content (AvgIpc) is 3.57. The number of carboxylic acids is 1. The fourth-order valence-electron chi connectivity index (χ4n) is 6.31. The molecule has 2 N–H and O–H groups in total. The second-order valence-corrected chi connectivity index (χ2v) is 11.6. The normalized spacial score (nSPS) is 16.5. The molecule has 0 spiro atoms. The summed E-state index contributed by atoms with van der Waals surface area (Å²) in [6, 6.07) is 5.54. The third-order valence-corrected chi connectivity index (χ3v) is 8.70. The molecule has 0 unspecified atom stereocenters. The number of benzene rings is 2. The number of alkyl halides is 3. The highest BCUT2D eigenvalue weighted by atomic mass is 19.4. The van der Waals surface area contributed by atoms with Crippen molar-refractivity contribution >= 4 is 28.5 Å². The lowest BCUT2D eigenvalue weighted by atomic mass is 9.91. The zero-order chi connectivity index (χ0) is 35.6. The number of rotatable bonds is 7. The van der Waals surface area contributed by atoms with Crippen LogP contribution in [0.3, 0.4) is 0 Å². The molecule has 1 saturated heterocycles. The number of carbonyl (C=O) groups is 2. The number of hydrogen-bond donors (Lipinski definition) is 2. The highest BCUT2D eigenvalue weighted by Crippen LogP contribution is 2.35. The number of carboxylic acid groups (broad SMARTS) is 1. The summed E-state index contributed by atoms with van der Waals surface area (Å²) >= 11 is 0. The highest BCUT2D eigenvalue weighted by Gasteiger charge is 2.45. The molecule has 49 heavy (non-hydrogen) atoms. The first-order chi connectivity index (χ1) is 23.3. The van der Waals surface area contributed by atoms with Crippen LogP contribution in [0.15, 0.2) is 53.6 Å². The SMILES string of the molecule is CC.Cc1cc(N2CCOC[C@@H]2C(F)(F)F)cc(F)c1C(=O)N[C@@H](Cc1ccc(-c2cc3cnccc3n(C)c2=O)c2c1COC2)C(=O)O. The molecule has 0 bridgehead atoms. The molecule has 260 valence electrons. The molecule has 2 aliphatic heterocycles. The summed E-state index contributed by atoms with van der Waals surface area (Å²) in [4.78, 5) is 44.0. The highest BCUT2D eigenvalue weighted by molar-refractivity contribution is 5.98. The van der Waals surface area contributed by atoms with Gasteiger partial charge in [0.15, 0.2) is 0 Å². The minimum atomic E-state index is -4.62. The Morgan fingerprint density at radius 1 is 1.08 bits per heavy atom. The van der Waals surface area contributed by atoms with Crippen molar-refractivity contribution in [2.24, 2.45) is 7.05 Å². The Bertz CT molecular complexity index is 1940. The molecule has 14 heteroatoms. The van der Waals surface area contributed by atoms with Gasteiger partial charge >= 0.3 is 12.1 Å². The number of halogens is 4. The number of nitrogens with zero attached hydrogens (tertiary/aromatic N) is 3. The van der Waals surface area contributed by atoms with Gasteiger partial charge in [-0.15, -0.1) is 0 Å². The van der Waals surface area contributed by atoms with Crippen LogP contribution in [0.5, 0.6) is 0 Å². The first kappa shape index (κ1) is 35.5. The lowest BCUT2D eigenvalue weighted by Crippen LogP contribution is -2.53. The molecule has 10 nitrogen and oxygen atoms in total. The van der Waals surface area contributed by atoms with Crippen LogP contribution >= 0.6 is 0 Å². The summed E-state index contributed by atoms with van der Waals surface area (Å²) in [6.07, 6.45) is -1.54. The Morgan fingerprint density at radius 3 is 2.51 bits per heavy atom. The Hall–Kier alpha value is -4.82. The second kappa shape index (κ2) is 14.3. The smallest absolute Gasteiger partial charge is 0.411 e. The Balaban J connectivity index is 0.00000230. The van der Waals surface area contributed by atoms with E-state index in [1.807, 2.05) is 13.8 Å². The summed E-state index contributed by atoms with van der Waals surface area (Å²) in [7, 11) is 1.67. The van der Waals surface area contributed by atoms with Crippen molar-refractivity contribution in [3.05, 3.63) is 92.8 Å². The lowest BCUT2D eigenvalue weighted by Gasteiger charge is -2.38. The number of pyridine rings is 2. The van der Waals surface area contributed by atoms with Crippen molar-refractivity contribution < 1.29 is 41.7 Å². The molecule has 6 rings (SSSR count). The van der Waals surface area contributed by atoms with Crippen molar-refractivity contribution in [2.75, 3.05) is 24.7 Å². The van der Waals surface area contributed by atoms with E-state index in [-0.39, 0.29) is 49.6 Å². The number of anilines is 1. The van der Waals surface area contributed by atoms with Crippen LogP contribution in [0, 0.1) is 12.7 Å². The topological polar surface area (TPSA) is 123 Å². The molecule has 2 aromatic heterocycles. The van der Waals surface area contributed by atoms with Crippen LogP contribution in [-0.2, 0) is 41.0 Å². The number of carbonyl (C=O) groups excluding carboxylic acids is 1. The molecule has 4 aromatic rings. The van der Waals surface area contributed by atoms with Crippen LogP contribution in [0.2, 0.25) is 0 Å². The minimum absolute atomic E-state index is 0.0158.